The monoisotopic (exact) mass is 560 g/mol. The first-order valence-electron chi connectivity index (χ1n) is 15.6. The molecule has 1 aromatic heterocycles. The van der Waals surface area contributed by atoms with E-state index in [1.165, 1.54) is 83.6 Å². The summed E-state index contributed by atoms with van der Waals surface area (Å²) in [5, 5.41) is 1.31. The number of anilines is 3. The average molecular weight is 561 g/mol. The molecule has 0 spiro atoms. The van der Waals surface area contributed by atoms with Crippen molar-refractivity contribution in [3.05, 3.63) is 151 Å². The molecule has 0 N–H and O–H groups in total. The van der Waals surface area contributed by atoms with Gasteiger partial charge in [-0.2, -0.15) is 0 Å². The molecule has 0 atom stereocenters. The van der Waals surface area contributed by atoms with E-state index in [4.69, 9.17) is 0 Å². The maximum absolute atomic E-state index is 2.58. The number of fused-ring (bicyclic) bond motifs is 6. The highest BCUT2D eigenvalue weighted by atomic mass is 15.2. The Bertz CT molecular complexity index is 2310. The molecule has 4 heterocycles. The molecule has 2 nitrogen and oxygen atoms in total. The molecule has 0 saturated carbocycles. The van der Waals surface area contributed by atoms with Crippen LogP contribution >= 0.6 is 0 Å². The summed E-state index contributed by atoms with van der Waals surface area (Å²) >= 11 is 0. The van der Waals surface area contributed by atoms with E-state index in [1.54, 1.807) is 0 Å². The molecule has 0 unspecified atom stereocenters. The van der Waals surface area contributed by atoms with Crippen molar-refractivity contribution in [2.24, 2.45) is 0 Å². The van der Waals surface area contributed by atoms with E-state index in [1.807, 2.05) is 0 Å². The zero-order chi connectivity index (χ0) is 29.2. The zero-order valence-corrected chi connectivity index (χ0v) is 24.8. The highest BCUT2D eigenvalue weighted by Gasteiger charge is 2.47. The highest BCUT2D eigenvalue weighted by Crippen LogP contribution is 2.53. The fourth-order valence-electron chi connectivity index (χ4n) is 8.57. The molecule has 44 heavy (non-hydrogen) atoms. The molecular weight excluding hydrogens is 531 g/mol. The van der Waals surface area contributed by atoms with Crippen LogP contribution in [0.4, 0.5) is 17.1 Å². The van der Waals surface area contributed by atoms with E-state index >= 15 is 0 Å². The third-order valence-electron chi connectivity index (χ3n) is 10.4. The van der Waals surface area contributed by atoms with Gasteiger partial charge in [0.05, 0.1) is 11.4 Å². The lowest BCUT2D eigenvalue weighted by Crippen LogP contribution is -2.61. The third-order valence-corrected chi connectivity index (χ3v) is 10.4. The number of aromatic nitrogens is 1. The Balaban J connectivity index is 1.40. The minimum absolute atomic E-state index is 0.102. The van der Waals surface area contributed by atoms with Crippen LogP contribution < -0.4 is 21.3 Å². The summed E-state index contributed by atoms with van der Waals surface area (Å²) in [7, 11) is 0. The van der Waals surface area contributed by atoms with Crippen LogP contribution in [0.2, 0.25) is 0 Å². The molecule has 3 heteroatoms. The minimum atomic E-state index is -0.102. The van der Waals surface area contributed by atoms with Crippen LogP contribution in [0.3, 0.4) is 0 Å². The van der Waals surface area contributed by atoms with Gasteiger partial charge in [-0.15, -0.1) is 0 Å². The van der Waals surface area contributed by atoms with Crippen molar-refractivity contribution in [2.75, 3.05) is 4.90 Å². The van der Waals surface area contributed by atoms with E-state index in [0.717, 1.165) is 0 Å². The lowest BCUT2D eigenvalue weighted by atomic mass is 9.33. The predicted octanol–water partition coefficient (Wildman–Crippen LogP) is 8.22. The average Bonchev–Trinajstić information content (AvgIpc) is 3.43. The van der Waals surface area contributed by atoms with Gasteiger partial charge >= 0.3 is 0 Å². The number of para-hydroxylation sites is 3. The van der Waals surface area contributed by atoms with Crippen molar-refractivity contribution >= 4 is 51.1 Å². The van der Waals surface area contributed by atoms with Gasteiger partial charge in [0.2, 0.25) is 0 Å². The van der Waals surface area contributed by atoms with E-state index < -0.39 is 0 Å². The second-order valence-corrected chi connectivity index (χ2v) is 12.9. The van der Waals surface area contributed by atoms with Crippen LogP contribution in [0.1, 0.15) is 25.0 Å². The molecule has 10 rings (SSSR count). The highest BCUT2D eigenvalue weighted by molar-refractivity contribution is 7.00. The second kappa shape index (κ2) is 8.42. The van der Waals surface area contributed by atoms with Gasteiger partial charge in [-0.3, -0.25) is 0 Å². The maximum atomic E-state index is 2.58. The second-order valence-electron chi connectivity index (χ2n) is 12.9. The Morgan fingerprint density at radius 2 is 1.14 bits per heavy atom. The van der Waals surface area contributed by atoms with E-state index in [0.29, 0.717) is 0 Å². The number of rotatable bonds is 2. The quantitative estimate of drug-likeness (QED) is 0.194. The smallest absolute Gasteiger partial charge is 0.252 e. The maximum Gasteiger partial charge on any atom is 0.252 e. The molecule has 0 radical (unpaired) electrons. The lowest BCUT2D eigenvalue weighted by molar-refractivity contribution is 0.632. The van der Waals surface area contributed by atoms with Gasteiger partial charge in [-0.05, 0) is 56.8 Å². The summed E-state index contributed by atoms with van der Waals surface area (Å²) in [4.78, 5) is 2.56. The Labute approximate surface area is 257 Å². The van der Waals surface area contributed by atoms with Crippen molar-refractivity contribution in [3.8, 4) is 28.1 Å². The van der Waals surface area contributed by atoms with Crippen LogP contribution in [0, 0.1) is 0 Å². The number of hydrogen-bond donors (Lipinski definition) is 0. The summed E-state index contributed by atoms with van der Waals surface area (Å²) in [5.74, 6) is 0. The third kappa shape index (κ3) is 2.87. The number of benzene rings is 6. The number of nitrogens with zero attached hydrogens (tertiary/aromatic N) is 2. The fourth-order valence-corrected chi connectivity index (χ4v) is 8.57. The van der Waals surface area contributed by atoms with Crippen LogP contribution in [0.25, 0.3) is 39.0 Å². The first-order valence-corrected chi connectivity index (χ1v) is 15.6. The Kier molecular flexibility index (Phi) is 4.63. The van der Waals surface area contributed by atoms with Crippen molar-refractivity contribution in [3.63, 3.8) is 0 Å². The van der Waals surface area contributed by atoms with Crippen molar-refractivity contribution < 1.29 is 0 Å². The molecule has 3 aliphatic rings. The molecule has 7 aromatic rings. The van der Waals surface area contributed by atoms with E-state index in [9.17, 15) is 0 Å². The van der Waals surface area contributed by atoms with Gasteiger partial charge in [0.15, 0.2) is 0 Å². The summed E-state index contributed by atoms with van der Waals surface area (Å²) in [5.41, 5.74) is 18.4. The van der Waals surface area contributed by atoms with Crippen molar-refractivity contribution in [1.29, 1.82) is 0 Å². The standard InChI is InChI=1S/C41H29BN2/c1-41(2)29-19-9-10-23-33(29)43-34-24-13-25-35-37(34)42(32-22-12-20-30(41)40(32)43)31-21-11-18-28-36(26-14-5-3-6-15-26)38(44(35)39(28)31)27-16-7-4-8-17-27/h3-25H,1-2H3. The number of hydrogen-bond acceptors (Lipinski definition) is 1. The van der Waals surface area contributed by atoms with Gasteiger partial charge in [-0.25, -0.2) is 0 Å². The Hall–Kier alpha value is -5.28. The molecule has 6 aromatic carbocycles. The van der Waals surface area contributed by atoms with Gasteiger partial charge in [0, 0.05) is 38.9 Å². The molecule has 206 valence electrons. The molecule has 0 bridgehead atoms. The van der Waals surface area contributed by atoms with E-state index in [2.05, 4.69) is 163 Å². The van der Waals surface area contributed by atoms with Crippen LogP contribution in [-0.4, -0.2) is 11.3 Å². The Morgan fingerprint density at radius 1 is 0.523 bits per heavy atom. The first kappa shape index (κ1) is 24.2. The van der Waals surface area contributed by atoms with E-state index in [-0.39, 0.29) is 12.1 Å². The van der Waals surface area contributed by atoms with Crippen LogP contribution in [0.15, 0.2) is 140 Å². The topological polar surface area (TPSA) is 8.17 Å². The molecule has 0 amide bonds. The molecule has 0 saturated heterocycles. The molecule has 3 aliphatic heterocycles. The van der Waals surface area contributed by atoms with Crippen LogP contribution in [-0.2, 0) is 5.41 Å². The van der Waals surface area contributed by atoms with Crippen LogP contribution in [0.5, 0.6) is 0 Å². The molecule has 0 fully saturated rings. The summed E-state index contributed by atoms with van der Waals surface area (Å²) < 4.78 is 2.58. The molecular formula is C41H29BN2. The summed E-state index contributed by atoms with van der Waals surface area (Å²) in [6.07, 6.45) is 0. The Morgan fingerprint density at radius 3 is 1.95 bits per heavy atom. The lowest BCUT2D eigenvalue weighted by Gasteiger charge is -2.48. The van der Waals surface area contributed by atoms with Crippen molar-refractivity contribution in [2.45, 2.75) is 19.3 Å². The first-order chi connectivity index (χ1) is 21.6. The minimum Gasteiger partial charge on any atom is -0.311 e. The van der Waals surface area contributed by atoms with Gasteiger partial charge in [0.25, 0.3) is 6.71 Å². The van der Waals surface area contributed by atoms with Gasteiger partial charge < -0.3 is 9.47 Å². The van der Waals surface area contributed by atoms with Gasteiger partial charge in [0.1, 0.15) is 0 Å². The predicted molar refractivity (Wildman–Crippen MR) is 186 cm³/mol. The normalized spacial score (nSPS) is 14.7. The van der Waals surface area contributed by atoms with Gasteiger partial charge in [-0.1, -0.05) is 135 Å². The zero-order valence-electron chi connectivity index (χ0n) is 24.8. The largest absolute Gasteiger partial charge is 0.311 e. The summed E-state index contributed by atoms with van der Waals surface area (Å²) in [6.45, 7) is 4.91. The summed E-state index contributed by atoms with van der Waals surface area (Å²) in [6, 6.07) is 51.8. The SMILES string of the molecule is CC1(C)c2ccccc2N2c3cccc4c3B(c3cccc1c32)c1cccc2c(-c3ccccc3)c(-c3ccccc3)n-4c12. The molecule has 0 aliphatic carbocycles. The van der Waals surface area contributed by atoms with Crippen molar-refractivity contribution in [1.82, 2.24) is 4.57 Å². The fraction of sp³-hybridized carbons (Fsp3) is 0.0732.